The van der Waals surface area contributed by atoms with Crippen LogP contribution in [0.1, 0.15) is 19.5 Å². The van der Waals surface area contributed by atoms with Crippen molar-refractivity contribution in [2.45, 2.75) is 25.9 Å². The number of rotatable bonds is 6. The Morgan fingerprint density at radius 2 is 2.16 bits per heavy atom. The summed E-state index contributed by atoms with van der Waals surface area (Å²) in [5.41, 5.74) is 1.96. The Hall–Kier alpha value is -1.66. The van der Waals surface area contributed by atoms with Gasteiger partial charge >= 0.3 is 0 Å². The van der Waals surface area contributed by atoms with E-state index in [0.29, 0.717) is 6.61 Å². The second-order valence-corrected chi connectivity index (χ2v) is 4.98. The van der Waals surface area contributed by atoms with Gasteiger partial charge in [0.2, 0.25) is 0 Å². The molecule has 19 heavy (non-hydrogen) atoms. The van der Waals surface area contributed by atoms with Crippen LogP contribution in [0.5, 0.6) is 0 Å². The predicted molar refractivity (Wildman–Crippen MR) is 73.3 cm³/mol. The van der Waals surface area contributed by atoms with Gasteiger partial charge in [0.05, 0.1) is 48.8 Å². The minimum Gasteiger partial charge on any atom is -0.383 e. The molecule has 0 unspecified atom stereocenters. The fourth-order valence-electron chi connectivity index (χ4n) is 1.88. The molecule has 0 spiro atoms. The molecule has 0 aliphatic heterocycles. The smallest absolute Gasteiger partial charge is 0.0995 e. The Balaban J connectivity index is 2.27. The molecule has 2 aromatic heterocycles. The van der Waals surface area contributed by atoms with Gasteiger partial charge in [0.15, 0.2) is 0 Å². The van der Waals surface area contributed by atoms with Crippen molar-refractivity contribution in [3.05, 3.63) is 30.6 Å². The summed E-state index contributed by atoms with van der Waals surface area (Å²) in [5, 5.41) is 7.61. The number of hydrogen-bond acceptors (Lipinski definition) is 4. The van der Waals surface area contributed by atoms with Gasteiger partial charge in [-0.25, -0.2) is 4.98 Å². The first-order valence-corrected chi connectivity index (χ1v) is 6.32. The summed E-state index contributed by atoms with van der Waals surface area (Å²) in [6.45, 7) is 5.64. The number of nitrogens with zero attached hydrogens (tertiary/aromatic N) is 4. The van der Waals surface area contributed by atoms with Gasteiger partial charge in [-0.1, -0.05) is 0 Å². The van der Waals surface area contributed by atoms with E-state index in [1.54, 1.807) is 7.11 Å². The van der Waals surface area contributed by atoms with Gasteiger partial charge in [-0.15, -0.1) is 0 Å². The van der Waals surface area contributed by atoms with Crippen LogP contribution >= 0.6 is 0 Å². The van der Waals surface area contributed by atoms with Crippen LogP contribution in [0.4, 0.5) is 0 Å². The second-order valence-electron chi connectivity index (χ2n) is 4.98. The third kappa shape index (κ3) is 2.85. The molecular weight excluding hydrogens is 242 g/mol. The van der Waals surface area contributed by atoms with E-state index in [-0.39, 0.29) is 5.54 Å². The fourth-order valence-corrected chi connectivity index (χ4v) is 1.88. The summed E-state index contributed by atoms with van der Waals surface area (Å²) in [6.07, 6.45) is 7.53. The molecule has 0 radical (unpaired) electrons. The van der Waals surface area contributed by atoms with E-state index in [4.69, 9.17) is 4.74 Å². The van der Waals surface area contributed by atoms with E-state index in [2.05, 4.69) is 29.2 Å². The number of nitrogens with one attached hydrogen (secondary N) is 1. The van der Waals surface area contributed by atoms with E-state index in [0.717, 1.165) is 17.9 Å². The lowest BCUT2D eigenvalue weighted by Crippen LogP contribution is -2.35. The molecule has 2 aromatic rings. The molecule has 0 bridgehead atoms. The van der Waals surface area contributed by atoms with E-state index in [9.17, 15) is 0 Å². The SMILES string of the molecule is CNC(C)(C)c1cncn1-c1cnn(CCOC)c1. The quantitative estimate of drug-likeness (QED) is 0.850. The van der Waals surface area contributed by atoms with Gasteiger partial charge in [-0.3, -0.25) is 9.25 Å². The molecule has 6 nitrogen and oxygen atoms in total. The van der Waals surface area contributed by atoms with Crippen LogP contribution in [0.15, 0.2) is 24.9 Å². The van der Waals surface area contributed by atoms with E-state index < -0.39 is 0 Å². The van der Waals surface area contributed by atoms with Crippen molar-refractivity contribution in [3.63, 3.8) is 0 Å². The zero-order valence-electron chi connectivity index (χ0n) is 11.9. The summed E-state index contributed by atoms with van der Waals surface area (Å²) in [6, 6.07) is 0. The topological polar surface area (TPSA) is 56.9 Å². The molecule has 0 aliphatic carbocycles. The van der Waals surface area contributed by atoms with Crippen LogP contribution < -0.4 is 5.32 Å². The zero-order chi connectivity index (χ0) is 13.9. The largest absolute Gasteiger partial charge is 0.383 e. The Labute approximate surface area is 113 Å². The average Bonchev–Trinajstić information content (AvgIpc) is 3.04. The van der Waals surface area contributed by atoms with Crippen LogP contribution in [0, 0.1) is 0 Å². The molecule has 0 saturated heterocycles. The molecule has 2 rings (SSSR count). The molecule has 104 valence electrons. The van der Waals surface area contributed by atoms with Crippen molar-refractivity contribution in [2.75, 3.05) is 20.8 Å². The highest BCUT2D eigenvalue weighted by molar-refractivity contribution is 5.30. The summed E-state index contributed by atoms with van der Waals surface area (Å²) in [5.74, 6) is 0. The number of hydrogen-bond donors (Lipinski definition) is 1. The second kappa shape index (κ2) is 5.54. The van der Waals surface area contributed by atoms with Crippen LogP contribution in [-0.4, -0.2) is 40.1 Å². The summed E-state index contributed by atoms with van der Waals surface area (Å²) < 4.78 is 8.97. The van der Waals surface area contributed by atoms with Gasteiger partial charge in [0.25, 0.3) is 0 Å². The van der Waals surface area contributed by atoms with Crippen LogP contribution in [0.2, 0.25) is 0 Å². The van der Waals surface area contributed by atoms with Crippen molar-refractivity contribution in [1.82, 2.24) is 24.6 Å². The first kappa shape index (κ1) is 13.8. The number of aromatic nitrogens is 4. The highest BCUT2D eigenvalue weighted by Gasteiger charge is 2.23. The standard InChI is InChI=1S/C13H21N5O/c1-13(2,14-3)12-8-15-10-18(12)11-7-16-17(9-11)5-6-19-4/h7-10,14H,5-6H2,1-4H3. The third-order valence-corrected chi connectivity index (χ3v) is 3.33. The third-order valence-electron chi connectivity index (χ3n) is 3.33. The van der Waals surface area contributed by atoms with Gasteiger partial charge in [0.1, 0.15) is 0 Å². The molecule has 0 amide bonds. The van der Waals surface area contributed by atoms with Crippen molar-refractivity contribution in [2.24, 2.45) is 0 Å². The van der Waals surface area contributed by atoms with Crippen LogP contribution in [0.25, 0.3) is 5.69 Å². The molecule has 6 heteroatoms. The maximum absolute atomic E-state index is 5.05. The first-order valence-electron chi connectivity index (χ1n) is 6.32. The number of imidazole rings is 1. The number of ether oxygens (including phenoxy) is 1. The molecule has 0 saturated carbocycles. The Kier molecular flexibility index (Phi) is 4.01. The lowest BCUT2D eigenvalue weighted by atomic mass is 10.0. The van der Waals surface area contributed by atoms with E-state index in [1.165, 1.54) is 0 Å². The highest BCUT2D eigenvalue weighted by Crippen LogP contribution is 2.22. The van der Waals surface area contributed by atoms with Gasteiger partial charge < -0.3 is 10.1 Å². The zero-order valence-corrected chi connectivity index (χ0v) is 11.9. The minimum absolute atomic E-state index is 0.148. The van der Waals surface area contributed by atoms with Crippen LogP contribution in [-0.2, 0) is 16.8 Å². The maximum atomic E-state index is 5.05. The summed E-state index contributed by atoms with van der Waals surface area (Å²) >= 11 is 0. The van der Waals surface area contributed by atoms with Crippen LogP contribution in [0.3, 0.4) is 0 Å². The predicted octanol–water partition coefficient (Wildman–Crippen LogP) is 1.17. The highest BCUT2D eigenvalue weighted by atomic mass is 16.5. The first-order chi connectivity index (χ1) is 9.08. The molecule has 2 heterocycles. The van der Waals surface area contributed by atoms with E-state index in [1.807, 2.05) is 41.2 Å². The van der Waals surface area contributed by atoms with E-state index >= 15 is 0 Å². The Morgan fingerprint density at radius 1 is 1.37 bits per heavy atom. The van der Waals surface area contributed by atoms with Crippen molar-refractivity contribution >= 4 is 0 Å². The Bertz CT molecular complexity index is 529. The lowest BCUT2D eigenvalue weighted by Gasteiger charge is -2.24. The summed E-state index contributed by atoms with van der Waals surface area (Å²) in [4.78, 5) is 4.25. The van der Waals surface area contributed by atoms with Crippen molar-refractivity contribution in [1.29, 1.82) is 0 Å². The lowest BCUT2D eigenvalue weighted by molar-refractivity contribution is 0.183. The molecule has 0 aromatic carbocycles. The van der Waals surface area contributed by atoms with Gasteiger partial charge in [-0.2, -0.15) is 5.10 Å². The maximum Gasteiger partial charge on any atom is 0.0995 e. The normalized spacial score (nSPS) is 12.0. The van der Waals surface area contributed by atoms with Gasteiger partial charge in [0, 0.05) is 13.3 Å². The Morgan fingerprint density at radius 3 is 2.84 bits per heavy atom. The molecular formula is C13H21N5O. The van der Waals surface area contributed by atoms with Gasteiger partial charge in [-0.05, 0) is 20.9 Å². The van der Waals surface area contributed by atoms with Crippen molar-refractivity contribution in [3.8, 4) is 5.69 Å². The summed E-state index contributed by atoms with van der Waals surface area (Å²) in [7, 11) is 3.63. The molecule has 1 N–H and O–H groups in total. The minimum atomic E-state index is -0.148. The molecule has 0 fully saturated rings. The molecule has 0 aliphatic rings. The number of methoxy groups -OCH3 is 1. The molecule has 0 atom stereocenters. The monoisotopic (exact) mass is 263 g/mol. The van der Waals surface area contributed by atoms with Crippen molar-refractivity contribution < 1.29 is 4.74 Å². The average molecular weight is 263 g/mol. The fraction of sp³-hybridized carbons (Fsp3) is 0.538.